The number of rotatable bonds is 2. The van der Waals surface area contributed by atoms with Gasteiger partial charge in [0.05, 0.1) is 0 Å². The zero-order valence-corrected chi connectivity index (χ0v) is 12.5. The van der Waals surface area contributed by atoms with E-state index >= 15 is 0 Å². The Kier molecular flexibility index (Phi) is 4.30. The minimum absolute atomic E-state index is 0.260. The van der Waals surface area contributed by atoms with Gasteiger partial charge in [-0.25, -0.2) is 4.79 Å². The SMILES string of the molecule is Cc1ccc(C)c(NC(=O)Nc2ccc(Cl)cc2C)c1. The molecule has 0 aromatic heterocycles. The quantitative estimate of drug-likeness (QED) is 0.810. The van der Waals surface area contributed by atoms with Gasteiger partial charge in [0.25, 0.3) is 0 Å². The van der Waals surface area contributed by atoms with Gasteiger partial charge in [-0.05, 0) is 61.7 Å². The molecule has 0 bridgehead atoms. The first-order valence-electron chi connectivity index (χ1n) is 6.37. The van der Waals surface area contributed by atoms with E-state index in [9.17, 15) is 4.79 Å². The zero-order valence-electron chi connectivity index (χ0n) is 11.8. The van der Waals surface area contributed by atoms with E-state index in [-0.39, 0.29) is 6.03 Å². The summed E-state index contributed by atoms with van der Waals surface area (Å²) in [7, 11) is 0. The lowest BCUT2D eigenvalue weighted by Gasteiger charge is -2.12. The molecule has 0 unspecified atom stereocenters. The topological polar surface area (TPSA) is 41.1 Å². The number of carbonyl (C=O) groups is 1. The van der Waals surface area contributed by atoms with Gasteiger partial charge in [0.15, 0.2) is 0 Å². The number of nitrogens with one attached hydrogen (secondary N) is 2. The van der Waals surface area contributed by atoms with Crippen molar-refractivity contribution in [2.24, 2.45) is 0 Å². The predicted octanol–water partition coefficient (Wildman–Crippen LogP) is 4.91. The van der Waals surface area contributed by atoms with Gasteiger partial charge in [-0.3, -0.25) is 0 Å². The Morgan fingerprint density at radius 2 is 1.60 bits per heavy atom. The minimum atomic E-state index is -0.260. The van der Waals surface area contributed by atoms with Gasteiger partial charge in [-0.2, -0.15) is 0 Å². The van der Waals surface area contributed by atoms with Gasteiger partial charge < -0.3 is 10.6 Å². The average molecular weight is 289 g/mol. The van der Waals surface area contributed by atoms with E-state index in [1.54, 1.807) is 12.1 Å². The van der Waals surface area contributed by atoms with Crippen LogP contribution in [0.4, 0.5) is 16.2 Å². The molecule has 2 N–H and O–H groups in total. The molecule has 0 fully saturated rings. The smallest absolute Gasteiger partial charge is 0.307 e. The molecule has 2 aromatic rings. The van der Waals surface area contributed by atoms with Crippen LogP contribution in [0.1, 0.15) is 16.7 Å². The molecule has 2 aromatic carbocycles. The predicted molar refractivity (Wildman–Crippen MR) is 84.7 cm³/mol. The maximum Gasteiger partial charge on any atom is 0.323 e. The lowest BCUT2D eigenvalue weighted by atomic mass is 10.1. The standard InChI is InChI=1S/C16H17ClN2O/c1-10-4-5-11(2)15(8-10)19-16(20)18-14-7-6-13(17)9-12(14)3/h4-9H,1-3H3,(H2,18,19,20). The first-order chi connectivity index (χ1) is 9.45. The zero-order chi connectivity index (χ0) is 14.7. The molecule has 0 atom stereocenters. The molecule has 20 heavy (non-hydrogen) atoms. The van der Waals surface area contributed by atoms with Crippen LogP contribution in [0.5, 0.6) is 0 Å². The molecular weight excluding hydrogens is 272 g/mol. The summed E-state index contributed by atoms with van der Waals surface area (Å²) in [5.74, 6) is 0. The summed E-state index contributed by atoms with van der Waals surface area (Å²) in [6.45, 7) is 5.86. The van der Waals surface area contributed by atoms with Crippen LogP contribution < -0.4 is 10.6 Å². The van der Waals surface area contributed by atoms with Crippen molar-refractivity contribution in [1.82, 2.24) is 0 Å². The molecule has 0 saturated carbocycles. The number of hydrogen-bond donors (Lipinski definition) is 2. The fraction of sp³-hybridized carbons (Fsp3) is 0.188. The second-order valence-electron chi connectivity index (χ2n) is 4.86. The summed E-state index contributed by atoms with van der Waals surface area (Å²) in [5.41, 5.74) is 4.62. The van der Waals surface area contributed by atoms with Crippen molar-refractivity contribution < 1.29 is 4.79 Å². The highest BCUT2D eigenvalue weighted by atomic mass is 35.5. The Morgan fingerprint density at radius 3 is 2.30 bits per heavy atom. The lowest BCUT2D eigenvalue weighted by Crippen LogP contribution is -2.20. The van der Waals surface area contributed by atoms with Crippen LogP contribution in [0.15, 0.2) is 36.4 Å². The van der Waals surface area contributed by atoms with Crippen molar-refractivity contribution in [3.63, 3.8) is 0 Å². The number of anilines is 2. The number of amides is 2. The second-order valence-corrected chi connectivity index (χ2v) is 5.29. The third-order valence-electron chi connectivity index (χ3n) is 3.08. The molecule has 104 valence electrons. The fourth-order valence-electron chi connectivity index (χ4n) is 1.91. The van der Waals surface area contributed by atoms with Crippen LogP contribution in [0.25, 0.3) is 0 Å². The molecule has 0 saturated heterocycles. The highest BCUT2D eigenvalue weighted by molar-refractivity contribution is 6.30. The molecule has 0 aliphatic heterocycles. The number of halogens is 1. The number of benzene rings is 2. The monoisotopic (exact) mass is 288 g/mol. The Morgan fingerprint density at radius 1 is 0.900 bits per heavy atom. The van der Waals surface area contributed by atoms with E-state index in [1.165, 1.54) is 0 Å². The van der Waals surface area contributed by atoms with Crippen molar-refractivity contribution >= 4 is 29.0 Å². The van der Waals surface area contributed by atoms with Crippen molar-refractivity contribution in [2.45, 2.75) is 20.8 Å². The van der Waals surface area contributed by atoms with Crippen molar-refractivity contribution in [1.29, 1.82) is 0 Å². The molecule has 3 nitrogen and oxygen atoms in total. The average Bonchev–Trinajstić information content (AvgIpc) is 2.37. The van der Waals surface area contributed by atoms with E-state index < -0.39 is 0 Å². The first-order valence-corrected chi connectivity index (χ1v) is 6.75. The lowest BCUT2D eigenvalue weighted by molar-refractivity contribution is 0.262. The number of aryl methyl sites for hydroxylation is 3. The van der Waals surface area contributed by atoms with Crippen LogP contribution in [0, 0.1) is 20.8 Å². The van der Waals surface area contributed by atoms with E-state index in [0.29, 0.717) is 5.02 Å². The van der Waals surface area contributed by atoms with Crippen LogP contribution in [0.3, 0.4) is 0 Å². The molecule has 0 heterocycles. The van der Waals surface area contributed by atoms with Crippen LogP contribution >= 0.6 is 11.6 Å². The first kappa shape index (κ1) is 14.4. The molecule has 2 amide bonds. The molecule has 0 spiro atoms. The van der Waals surface area contributed by atoms with E-state index in [0.717, 1.165) is 28.1 Å². The van der Waals surface area contributed by atoms with Gasteiger partial charge in [0, 0.05) is 16.4 Å². The van der Waals surface area contributed by atoms with Gasteiger partial charge in [0.2, 0.25) is 0 Å². The maximum atomic E-state index is 12.0. The summed E-state index contributed by atoms with van der Waals surface area (Å²) in [6.07, 6.45) is 0. The van der Waals surface area contributed by atoms with Gasteiger partial charge in [0.1, 0.15) is 0 Å². The Balaban J connectivity index is 2.11. The molecular formula is C16H17ClN2O. The van der Waals surface area contributed by atoms with Crippen LogP contribution in [-0.4, -0.2) is 6.03 Å². The number of hydrogen-bond acceptors (Lipinski definition) is 1. The summed E-state index contributed by atoms with van der Waals surface area (Å²) < 4.78 is 0. The molecule has 0 aliphatic rings. The normalized spacial score (nSPS) is 10.2. The summed E-state index contributed by atoms with van der Waals surface area (Å²) in [4.78, 5) is 12.0. The highest BCUT2D eigenvalue weighted by Crippen LogP contribution is 2.21. The summed E-state index contributed by atoms with van der Waals surface area (Å²) >= 11 is 5.89. The van der Waals surface area contributed by atoms with Gasteiger partial charge >= 0.3 is 6.03 Å². The maximum absolute atomic E-state index is 12.0. The van der Waals surface area contributed by atoms with Gasteiger partial charge in [-0.15, -0.1) is 0 Å². The van der Waals surface area contributed by atoms with Crippen LogP contribution in [0.2, 0.25) is 5.02 Å². The Bertz CT molecular complexity index is 653. The molecule has 0 aliphatic carbocycles. The number of urea groups is 1. The Hall–Kier alpha value is -2.00. The molecule has 2 rings (SSSR count). The van der Waals surface area contributed by atoms with Crippen molar-refractivity contribution in [3.05, 3.63) is 58.1 Å². The van der Waals surface area contributed by atoms with Crippen LogP contribution in [-0.2, 0) is 0 Å². The third-order valence-corrected chi connectivity index (χ3v) is 3.31. The minimum Gasteiger partial charge on any atom is -0.307 e. The fourth-order valence-corrected chi connectivity index (χ4v) is 2.14. The van der Waals surface area contributed by atoms with Gasteiger partial charge in [-0.1, -0.05) is 23.7 Å². The van der Waals surface area contributed by atoms with Crippen molar-refractivity contribution in [2.75, 3.05) is 10.6 Å². The molecule has 0 radical (unpaired) electrons. The number of carbonyl (C=O) groups excluding carboxylic acids is 1. The van der Waals surface area contributed by atoms with E-state index in [1.807, 2.05) is 45.0 Å². The summed E-state index contributed by atoms with van der Waals surface area (Å²) in [6, 6.07) is 11.0. The third kappa shape index (κ3) is 3.52. The summed E-state index contributed by atoms with van der Waals surface area (Å²) in [5, 5.41) is 6.34. The largest absolute Gasteiger partial charge is 0.323 e. The highest BCUT2D eigenvalue weighted by Gasteiger charge is 2.07. The second kappa shape index (κ2) is 5.97. The van der Waals surface area contributed by atoms with E-state index in [4.69, 9.17) is 11.6 Å². The van der Waals surface area contributed by atoms with Crippen molar-refractivity contribution in [3.8, 4) is 0 Å². The van der Waals surface area contributed by atoms with E-state index in [2.05, 4.69) is 10.6 Å². The Labute approximate surface area is 124 Å². The molecule has 4 heteroatoms.